The van der Waals surface area contributed by atoms with Crippen molar-refractivity contribution in [3.05, 3.63) is 0 Å². The topological polar surface area (TPSA) is 55.6 Å². The molecule has 4 heteroatoms. The molecule has 1 saturated heterocycles. The molecule has 0 aromatic carbocycles. The Labute approximate surface area is 90.8 Å². The zero-order chi connectivity index (χ0) is 11.3. The second kappa shape index (κ2) is 5.74. The zero-order valence-electron chi connectivity index (χ0n) is 9.11. The highest BCUT2D eigenvalue weighted by Gasteiger charge is 2.28. The number of ether oxygens (including phenoxy) is 1. The van der Waals surface area contributed by atoms with Crippen LogP contribution in [0.2, 0.25) is 0 Å². The van der Waals surface area contributed by atoms with Crippen molar-refractivity contribution in [2.45, 2.75) is 31.8 Å². The SMILES string of the molecule is C#CCC(N)C(=O)N1CCOCC1CC. The molecule has 1 aliphatic heterocycles. The van der Waals surface area contributed by atoms with Crippen molar-refractivity contribution in [2.75, 3.05) is 19.8 Å². The van der Waals surface area contributed by atoms with Crippen LogP contribution in [0.3, 0.4) is 0 Å². The Hall–Kier alpha value is -1.05. The number of carbonyl (C=O) groups excluding carboxylic acids is 1. The van der Waals surface area contributed by atoms with Gasteiger partial charge in [-0.25, -0.2) is 0 Å². The van der Waals surface area contributed by atoms with E-state index in [2.05, 4.69) is 5.92 Å². The Balaban J connectivity index is 2.59. The molecule has 2 unspecified atom stereocenters. The third kappa shape index (κ3) is 2.95. The Morgan fingerprint density at radius 2 is 2.53 bits per heavy atom. The van der Waals surface area contributed by atoms with Gasteiger partial charge >= 0.3 is 0 Å². The van der Waals surface area contributed by atoms with E-state index in [-0.39, 0.29) is 11.9 Å². The highest BCUT2D eigenvalue weighted by atomic mass is 16.5. The van der Waals surface area contributed by atoms with Gasteiger partial charge in [-0.2, -0.15) is 0 Å². The van der Waals surface area contributed by atoms with Crippen LogP contribution in [0.25, 0.3) is 0 Å². The van der Waals surface area contributed by atoms with E-state index in [9.17, 15) is 4.79 Å². The van der Waals surface area contributed by atoms with Crippen LogP contribution in [0.15, 0.2) is 0 Å². The number of nitrogens with zero attached hydrogens (tertiary/aromatic N) is 1. The first-order valence-electron chi connectivity index (χ1n) is 5.28. The van der Waals surface area contributed by atoms with Crippen molar-refractivity contribution in [3.63, 3.8) is 0 Å². The van der Waals surface area contributed by atoms with E-state index in [4.69, 9.17) is 16.9 Å². The third-order valence-corrected chi connectivity index (χ3v) is 2.64. The minimum absolute atomic E-state index is 0.0527. The van der Waals surface area contributed by atoms with E-state index >= 15 is 0 Å². The maximum atomic E-state index is 11.9. The monoisotopic (exact) mass is 210 g/mol. The van der Waals surface area contributed by atoms with Crippen LogP contribution in [-0.2, 0) is 9.53 Å². The standard InChI is InChI=1S/C11H18N2O2/c1-3-5-10(12)11(14)13-6-7-15-8-9(13)4-2/h1,9-10H,4-8,12H2,2H3. The number of morpholine rings is 1. The van der Waals surface area contributed by atoms with Crippen molar-refractivity contribution in [1.29, 1.82) is 0 Å². The van der Waals surface area contributed by atoms with Gasteiger partial charge in [0.25, 0.3) is 0 Å². The third-order valence-electron chi connectivity index (χ3n) is 2.64. The Morgan fingerprint density at radius 1 is 1.80 bits per heavy atom. The normalized spacial score (nSPS) is 23.3. The van der Waals surface area contributed by atoms with Crippen LogP contribution in [0.4, 0.5) is 0 Å². The van der Waals surface area contributed by atoms with Crippen LogP contribution < -0.4 is 5.73 Å². The van der Waals surface area contributed by atoms with Crippen LogP contribution in [0.5, 0.6) is 0 Å². The molecule has 2 atom stereocenters. The highest BCUT2D eigenvalue weighted by Crippen LogP contribution is 2.11. The molecule has 1 rings (SSSR count). The van der Waals surface area contributed by atoms with Gasteiger partial charge in [0, 0.05) is 13.0 Å². The fraction of sp³-hybridized carbons (Fsp3) is 0.727. The summed E-state index contributed by atoms with van der Waals surface area (Å²) >= 11 is 0. The highest BCUT2D eigenvalue weighted by molar-refractivity contribution is 5.82. The smallest absolute Gasteiger partial charge is 0.240 e. The number of hydrogen-bond acceptors (Lipinski definition) is 3. The molecule has 84 valence electrons. The Morgan fingerprint density at radius 3 is 3.13 bits per heavy atom. The van der Waals surface area contributed by atoms with Crippen molar-refractivity contribution in [2.24, 2.45) is 5.73 Å². The quantitative estimate of drug-likeness (QED) is 0.666. The average Bonchev–Trinajstić information content (AvgIpc) is 2.28. The average molecular weight is 210 g/mol. The maximum Gasteiger partial charge on any atom is 0.240 e. The molecule has 0 saturated carbocycles. The van der Waals surface area contributed by atoms with Crippen LogP contribution in [0, 0.1) is 12.3 Å². The predicted octanol–water partition coefficient (Wildman–Crippen LogP) is -0.0256. The van der Waals surface area contributed by atoms with Gasteiger partial charge in [-0.15, -0.1) is 12.3 Å². The lowest BCUT2D eigenvalue weighted by atomic mass is 10.1. The summed E-state index contributed by atoms with van der Waals surface area (Å²) in [6.07, 6.45) is 6.32. The van der Waals surface area contributed by atoms with Crippen molar-refractivity contribution < 1.29 is 9.53 Å². The number of terminal acetylenes is 1. The first-order chi connectivity index (χ1) is 7.20. The van der Waals surface area contributed by atoms with E-state index in [0.29, 0.717) is 26.2 Å². The molecule has 0 aliphatic carbocycles. The molecule has 1 heterocycles. The summed E-state index contributed by atoms with van der Waals surface area (Å²) < 4.78 is 5.32. The van der Waals surface area contributed by atoms with Crippen molar-refractivity contribution in [1.82, 2.24) is 4.90 Å². The van der Waals surface area contributed by atoms with Crippen molar-refractivity contribution in [3.8, 4) is 12.3 Å². The fourth-order valence-corrected chi connectivity index (χ4v) is 1.71. The van der Waals surface area contributed by atoms with Crippen LogP contribution in [-0.4, -0.2) is 42.6 Å². The largest absolute Gasteiger partial charge is 0.377 e. The van der Waals surface area contributed by atoms with E-state index in [1.54, 1.807) is 4.90 Å². The Kier molecular flexibility index (Phi) is 4.60. The summed E-state index contributed by atoms with van der Waals surface area (Å²) in [5.74, 6) is 2.36. The van der Waals surface area contributed by atoms with Gasteiger partial charge in [-0.05, 0) is 6.42 Å². The lowest BCUT2D eigenvalue weighted by Gasteiger charge is -2.36. The zero-order valence-corrected chi connectivity index (χ0v) is 9.11. The second-order valence-electron chi connectivity index (χ2n) is 3.68. The second-order valence-corrected chi connectivity index (χ2v) is 3.68. The molecule has 1 aliphatic rings. The van der Waals surface area contributed by atoms with Gasteiger partial charge in [-0.3, -0.25) is 4.79 Å². The Bertz CT molecular complexity index is 260. The lowest BCUT2D eigenvalue weighted by Crippen LogP contribution is -2.53. The summed E-state index contributed by atoms with van der Waals surface area (Å²) in [4.78, 5) is 13.7. The van der Waals surface area contributed by atoms with Crippen molar-refractivity contribution >= 4 is 5.91 Å². The lowest BCUT2D eigenvalue weighted by molar-refractivity contribution is -0.141. The van der Waals surface area contributed by atoms with Gasteiger partial charge in [0.05, 0.1) is 25.3 Å². The summed E-state index contributed by atoms with van der Waals surface area (Å²) in [7, 11) is 0. The number of rotatable bonds is 3. The van der Waals surface area contributed by atoms with E-state index in [0.717, 1.165) is 6.42 Å². The summed E-state index contributed by atoms with van der Waals surface area (Å²) in [6, 6.07) is -0.419. The number of carbonyl (C=O) groups is 1. The molecule has 0 spiro atoms. The number of nitrogens with two attached hydrogens (primary N) is 1. The van der Waals surface area contributed by atoms with Gasteiger partial charge < -0.3 is 15.4 Å². The molecular weight excluding hydrogens is 192 g/mol. The molecule has 0 radical (unpaired) electrons. The molecule has 1 amide bonds. The predicted molar refractivity (Wildman–Crippen MR) is 58.0 cm³/mol. The first-order valence-corrected chi connectivity index (χ1v) is 5.28. The molecule has 1 fully saturated rings. The molecule has 0 bridgehead atoms. The van der Waals surface area contributed by atoms with E-state index in [1.165, 1.54) is 0 Å². The molecule has 0 aromatic heterocycles. The maximum absolute atomic E-state index is 11.9. The summed E-state index contributed by atoms with van der Waals surface area (Å²) in [5.41, 5.74) is 5.70. The number of amides is 1. The summed E-state index contributed by atoms with van der Waals surface area (Å²) in [5, 5.41) is 0. The van der Waals surface area contributed by atoms with E-state index < -0.39 is 6.04 Å². The van der Waals surface area contributed by atoms with E-state index in [1.807, 2.05) is 6.92 Å². The molecule has 2 N–H and O–H groups in total. The molecule has 4 nitrogen and oxygen atoms in total. The minimum Gasteiger partial charge on any atom is -0.377 e. The molecule has 0 aromatic rings. The minimum atomic E-state index is -0.567. The van der Waals surface area contributed by atoms with Crippen LogP contribution >= 0.6 is 0 Å². The first kappa shape index (κ1) is 12.0. The number of hydrogen-bond donors (Lipinski definition) is 1. The molecular formula is C11H18N2O2. The van der Waals surface area contributed by atoms with Crippen LogP contribution in [0.1, 0.15) is 19.8 Å². The van der Waals surface area contributed by atoms with Gasteiger partial charge in [0.1, 0.15) is 0 Å². The van der Waals surface area contributed by atoms with Gasteiger partial charge in [0.2, 0.25) is 5.91 Å². The molecule has 15 heavy (non-hydrogen) atoms. The van der Waals surface area contributed by atoms with Gasteiger partial charge in [-0.1, -0.05) is 6.92 Å². The van der Waals surface area contributed by atoms with Gasteiger partial charge in [0.15, 0.2) is 0 Å². The summed E-state index contributed by atoms with van der Waals surface area (Å²) in [6.45, 7) is 3.85. The fourth-order valence-electron chi connectivity index (χ4n) is 1.71.